The Kier molecular flexibility index (Phi) is 6.88. The van der Waals surface area contributed by atoms with Crippen molar-refractivity contribution in [2.45, 2.75) is 32.2 Å². The number of hydrogen-bond acceptors (Lipinski definition) is 5. The van der Waals surface area contributed by atoms with Crippen molar-refractivity contribution in [3.63, 3.8) is 0 Å². The maximum absolute atomic E-state index is 12.0. The number of nitrogens with one attached hydrogen (secondary N) is 1. The highest BCUT2D eigenvalue weighted by Crippen LogP contribution is 2.24. The van der Waals surface area contributed by atoms with Crippen molar-refractivity contribution in [2.75, 3.05) is 5.32 Å². The van der Waals surface area contributed by atoms with Gasteiger partial charge in [-0.05, 0) is 24.1 Å². The maximum Gasteiger partial charge on any atom is 0.328 e. The van der Waals surface area contributed by atoms with Gasteiger partial charge >= 0.3 is 5.97 Å². The molecule has 0 aromatic heterocycles. The van der Waals surface area contributed by atoms with Crippen LogP contribution in [0.4, 0.5) is 11.4 Å². The average molecular weight is 321 g/mol. The van der Waals surface area contributed by atoms with Gasteiger partial charge in [-0.2, -0.15) is 0 Å². The van der Waals surface area contributed by atoms with Crippen LogP contribution in [-0.2, 0) is 9.59 Å². The number of amides is 1. The first-order chi connectivity index (χ1) is 10.8. The Morgan fingerprint density at radius 2 is 2.17 bits per heavy atom. The predicted octanol–water partition coefficient (Wildman–Crippen LogP) is 2.15. The summed E-state index contributed by atoms with van der Waals surface area (Å²) in [5, 5.41) is 22.1. The van der Waals surface area contributed by atoms with E-state index in [0.29, 0.717) is 12.0 Å². The molecule has 0 radical (unpaired) electrons. The largest absolute Gasteiger partial charge is 0.478 e. The highest BCUT2D eigenvalue weighted by Gasteiger charge is 2.14. The number of hydrogen-bond donors (Lipinski definition) is 3. The molecule has 1 amide bonds. The molecule has 23 heavy (non-hydrogen) atoms. The summed E-state index contributed by atoms with van der Waals surface area (Å²) in [7, 11) is 0. The summed E-state index contributed by atoms with van der Waals surface area (Å²) in [5.74, 6) is -1.54. The molecule has 0 saturated carbocycles. The number of anilines is 1. The van der Waals surface area contributed by atoms with Gasteiger partial charge in [0.25, 0.3) is 5.69 Å². The summed E-state index contributed by atoms with van der Waals surface area (Å²) < 4.78 is 0. The van der Waals surface area contributed by atoms with Gasteiger partial charge < -0.3 is 16.2 Å². The highest BCUT2D eigenvalue weighted by atomic mass is 16.6. The van der Waals surface area contributed by atoms with E-state index >= 15 is 0 Å². The number of carbonyl (C=O) groups excluding carboxylic acids is 1. The third-order valence-corrected chi connectivity index (χ3v) is 3.03. The van der Waals surface area contributed by atoms with Crippen molar-refractivity contribution in [3.8, 4) is 0 Å². The Labute approximate surface area is 133 Å². The van der Waals surface area contributed by atoms with Crippen LogP contribution in [0.3, 0.4) is 0 Å². The standard InChI is InChI=1S/C15H19N3O5/c1-2-3-11(16)8-14(19)17-13-9-12(18(22)23)6-4-10(13)5-7-15(20)21/h4-7,9,11H,2-3,8,16H2,1H3,(H,17,19)(H,20,21). The van der Waals surface area contributed by atoms with Gasteiger partial charge in [0.05, 0.1) is 10.6 Å². The second kappa shape index (κ2) is 8.64. The fourth-order valence-electron chi connectivity index (χ4n) is 1.98. The lowest BCUT2D eigenvalue weighted by Gasteiger charge is -2.12. The molecule has 1 atom stereocenters. The number of nitrogens with zero attached hydrogens (tertiary/aromatic N) is 1. The van der Waals surface area contributed by atoms with Crippen molar-refractivity contribution >= 4 is 29.3 Å². The number of nitrogens with two attached hydrogens (primary N) is 1. The molecule has 0 bridgehead atoms. The van der Waals surface area contributed by atoms with Gasteiger partial charge in [0.2, 0.25) is 5.91 Å². The van der Waals surface area contributed by atoms with E-state index in [1.54, 1.807) is 0 Å². The highest BCUT2D eigenvalue weighted by molar-refractivity contribution is 5.95. The molecule has 124 valence electrons. The molecular weight excluding hydrogens is 302 g/mol. The molecule has 0 aliphatic carbocycles. The molecule has 1 unspecified atom stereocenters. The lowest BCUT2D eigenvalue weighted by atomic mass is 10.1. The van der Waals surface area contributed by atoms with E-state index in [4.69, 9.17) is 10.8 Å². The van der Waals surface area contributed by atoms with E-state index in [9.17, 15) is 19.7 Å². The summed E-state index contributed by atoms with van der Waals surface area (Å²) in [4.78, 5) is 32.8. The number of carboxylic acid groups (broad SMARTS) is 1. The zero-order valence-electron chi connectivity index (χ0n) is 12.7. The van der Waals surface area contributed by atoms with Gasteiger partial charge in [-0.3, -0.25) is 14.9 Å². The van der Waals surface area contributed by atoms with Gasteiger partial charge in [0.15, 0.2) is 0 Å². The molecule has 0 spiro atoms. The summed E-state index contributed by atoms with van der Waals surface area (Å²) >= 11 is 0. The fraction of sp³-hybridized carbons (Fsp3) is 0.333. The third-order valence-electron chi connectivity index (χ3n) is 3.03. The normalized spacial score (nSPS) is 12.1. The Balaban J connectivity index is 3.00. The van der Waals surface area contributed by atoms with Gasteiger partial charge in [-0.15, -0.1) is 0 Å². The Hall–Kier alpha value is -2.74. The van der Waals surface area contributed by atoms with Crippen molar-refractivity contribution < 1.29 is 19.6 Å². The molecule has 1 rings (SSSR count). The second-order valence-corrected chi connectivity index (χ2v) is 5.00. The van der Waals surface area contributed by atoms with Crippen molar-refractivity contribution in [2.24, 2.45) is 5.73 Å². The summed E-state index contributed by atoms with van der Waals surface area (Å²) in [6.45, 7) is 1.95. The molecule has 0 fully saturated rings. The summed E-state index contributed by atoms with van der Waals surface area (Å²) in [5.41, 5.74) is 6.12. The van der Waals surface area contributed by atoms with E-state index in [0.717, 1.165) is 12.5 Å². The van der Waals surface area contributed by atoms with Gasteiger partial charge in [-0.25, -0.2) is 4.79 Å². The minimum atomic E-state index is -1.16. The van der Waals surface area contributed by atoms with Crippen LogP contribution in [0.15, 0.2) is 24.3 Å². The molecular formula is C15H19N3O5. The van der Waals surface area contributed by atoms with Gasteiger partial charge in [-0.1, -0.05) is 13.3 Å². The fourth-order valence-corrected chi connectivity index (χ4v) is 1.98. The van der Waals surface area contributed by atoms with Crippen LogP contribution >= 0.6 is 0 Å². The molecule has 0 aliphatic rings. The lowest BCUT2D eigenvalue weighted by Crippen LogP contribution is -2.27. The minimum Gasteiger partial charge on any atom is -0.478 e. The quantitative estimate of drug-likeness (QED) is 0.381. The van der Waals surface area contributed by atoms with E-state index < -0.39 is 10.9 Å². The summed E-state index contributed by atoms with van der Waals surface area (Å²) in [6, 6.07) is 3.50. The number of carbonyl (C=O) groups is 2. The number of benzene rings is 1. The van der Waals surface area contributed by atoms with E-state index in [2.05, 4.69) is 5.32 Å². The van der Waals surface area contributed by atoms with Crippen molar-refractivity contribution in [3.05, 3.63) is 40.0 Å². The monoisotopic (exact) mass is 321 g/mol. The SMILES string of the molecule is CCCC(N)CC(=O)Nc1cc([N+](=O)[O-])ccc1C=CC(=O)O. The first kappa shape index (κ1) is 18.3. The smallest absolute Gasteiger partial charge is 0.328 e. The van der Waals surface area contributed by atoms with Crippen molar-refractivity contribution in [1.29, 1.82) is 0 Å². The van der Waals surface area contributed by atoms with Crippen LogP contribution in [-0.4, -0.2) is 27.9 Å². The predicted molar refractivity (Wildman–Crippen MR) is 85.9 cm³/mol. The molecule has 0 saturated heterocycles. The topological polar surface area (TPSA) is 136 Å². The molecule has 0 aliphatic heterocycles. The first-order valence-electron chi connectivity index (χ1n) is 7.08. The number of rotatable bonds is 8. The zero-order chi connectivity index (χ0) is 17.4. The molecule has 1 aromatic rings. The third kappa shape index (κ3) is 6.27. The van der Waals surface area contributed by atoms with E-state index in [1.807, 2.05) is 6.92 Å². The first-order valence-corrected chi connectivity index (χ1v) is 7.08. The second-order valence-electron chi connectivity index (χ2n) is 5.00. The minimum absolute atomic E-state index is 0.0820. The van der Waals surface area contributed by atoms with Crippen LogP contribution in [0.5, 0.6) is 0 Å². The Morgan fingerprint density at radius 3 is 2.74 bits per heavy atom. The molecule has 0 heterocycles. The average Bonchev–Trinajstić information content (AvgIpc) is 2.45. The van der Waals surface area contributed by atoms with E-state index in [-0.39, 0.29) is 29.7 Å². The zero-order valence-corrected chi connectivity index (χ0v) is 12.7. The summed E-state index contributed by atoms with van der Waals surface area (Å²) in [6.07, 6.45) is 3.76. The molecule has 1 aromatic carbocycles. The van der Waals surface area contributed by atoms with E-state index in [1.165, 1.54) is 24.3 Å². The van der Waals surface area contributed by atoms with Gasteiger partial charge in [0, 0.05) is 30.7 Å². The van der Waals surface area contributed by atoms with Crippen LogP contribution in [0, 0.1) is 10.1 Å². The number of nitro groups is 1. The van der Waals surface area contributed by atoms with Crippen LogP contribution < -0.4 is 11.1 Å². The van der Waals surface area contributed by atoms with Crippen molar-refractivity contribution in [1.82, 2.24) is 0 Å². The lowest BCUT2D eigenvalue weighted by molar-refractivity contribution is -0.384. The van der Waals surface area contributed by atoms with Crippen LogP contribution in [0.2, 0.25) is 0 Å². The number of aliphatic carboxylic acids is 1. The molecule has 8 nitrogen and oxygen atoms in total. The molecule has 4 N–H and O–H groups in total. The van der Waals surface area contributed by atoms with Gasteiger partial charge in [0.1, 0.15) is 0 Å². The Morgan fingerprint density at radius 1 is 1.48 bits per heavy atom. The van der Waals surface area contributed by atoms with Crippen LogP contribution in [0.25, 0.3) is 6.08 Å². The van der Waals surface area contributed by atoms with Crippen LogP contribution in [0.1, 0.15) is 31.7 Å². The molecule has 8 heteroatoms. The number of non-ortho nitro benzene ring substituents is 1. The number of carboxylic acids is 1. The Bertz CT molecular complexity index is 628. The number of nitro benzene ring substituents is 1. The maximum atomic E-state index is 12.0.